The van der Waals surface area contributed by atoms with Crippen LogP contribution in [-0.2, 0) is 9.59 Å². The minimum absolute atomic E-state index is 0.386. The van der Waals surface area contributed by atoms with Gasteiger partial charge in [-0.25, -0.2) is 0 Å². The molecule has 0 bridgehead atoms. The van der Waals surface area contributed by atoms with E-state index in [1.165, 1.54) is 109 Å². The van der Waals surface area contributed by atoms with Gasteiger partial charge in [-0.15, -0.1) is 0 Å². The first-order chi connectivity index (χ1) is 16.2. The van der Waals surface area contributed by atoms with E-state index in [2.05, 4.69) is 23.6 Å². The monoisotopic (exact) mass is 464 g/mol. The Hall–Kier alpha value is -0.900. The summed E-state index contributed by atoms with van der Waals surface area (Å²) in [4.78, 5) is 27.1. The Morgan fingerprint density at radius 2 is 1.03 bits per heavy atom. The zero-order valence-electron chi connectivity index (χ0n) is 22.4. The van der Waals surface area contributed by atoms with Gasteiger partial charge in [-0.1, -0.05) is 97.3 Å². The summed E-state index contributed by atoms with van der Waals surface area (Å²) in [5.41, 5.74) is 0. The number of nitrogens with zero attached hydrogens (tertiary/aromatic N) is 2. The smallest absolute Gasteiger partial charge is 0.222 e. The Balaban J connectivity index is 0.000000331. The topological polar surface area (TPSA) is 40.6 Å². The second-order valence-corrected chi connectivity index (χ2v) is 10.3. The van der Waals surface area contributed by atoms with Gasteiger partial charge < -0.3 is 9.80 Å². The molecule has 4 heteroatoms. The van der Waals surface area contributed by atoms with Crippen LogP contribution in [0.1, 0.15) is 142 Å². The molecule has 0 unspecified atom stereocenters. The van der Waals surface area contributed by atoms with Gasteiger partial charge in [0.1, 0.15) is 5.78 Å². The molecule has 0 atom stereocenters. The second-order valence-electron chi connectivity index (χ2n) is 10.3. The molecule has 0 saturated carbocycles. The Kier molecular flexibility index (Phi) is 19.7. The van der Waals surface area contributed by atoms with Gasteiger partial charge in [0.2, 0.25) is 5.91 Å². The summed E-state index contributed by atoms with van der Waals surface area (Å²) >= 11 is 0. The van der Waals surface area contributed by atoms with E-state index >= 15 is 0 Å². The van der Waals surface area contributed by atoms with Gasteiger partial charge in [0.05, 0.1) is 0 Å². The van der Waals surface area contributed by atoms with Gasteiger partial charge in [-0.05, 0) is 32.2 Å². The fraction of sp³-hybridized carbons (Fsp3) is 0.931. The molecule has 2 heterocycles. The van der Waals surface area contributed by atoms with Crippen molar-refractivity contribution in [2.45, 2.75) is 142 Å². The fourth-order valence-corrected chi connectivity index (χ4v) is 4.85. The van der Waals surface area contributed by atoms with Crippen LogP contribution in [0.3, 0.4) is 0 Å². The van der Waals surface area contributed by atoms with E-state index in [1.54, 1.807) is 0 Å². The molecule has 2 aliphatic rings. The minimum Gasteiger partial charge on any atom is -0.343 e. The van der Waals surface area contributed by atoms with Crippen LogP contribution in [0.5, 0.6) is 0 Å². The zero-order valence-corrected chi connectivity index (χ0v) is 22.4. The summed E-state index contributed by atoms with van der Waals surface area (Å²) in [6, 6.07) is 0. The standard InChI is InChI=1S/C15H29NO.C14H27NO/c1-2-3-4-5-6-7-8-9-12-16-13-10-15(17)11-14-16;1-2-3-4-5-6-7-9-12-15-13-10-8-11-14(15)16/h2-14H2,1H3;2-13H2,1H3. The Bertz CT molecular complexity index is 470. The van der Waals surface area contributed by atoms with Crippen molar-refractivity contribution in [1.82, 2.24) is 9.80 Å². The Morgan fingerprint density at radius 3 is 1.55 bits per heavy atom. The molecule has 0 aliphatic carbocycles. The van der Waals surface area contributed by atoms with E-state index in [9.17, 15) is 9.59 Å². The maximum Gasteiger partial charge on any atom is 0.222 e. The third-order valence-electron chi connectivity index (χ3n) is 7.19. The normalized spacial score (nSPS) is 17.2. The molecular formula is C29H56N2O2. The fourth-order valence-electron chi connectivity index (χ4n) is 4.85. The maximum atomic E-state index is 11.5. The molecule has 2 rings (SSSR count). The number of hydrogen-bond acceptors (Lipinski definition) is 3. The third-order valence-corrected chi connectivity index (χ3v) is 7.19. The average Bonchev–Trinajstić information content (AvgIpc) is 2.83. The molecule has 2 fully saturated rings. The summed E-state index contributed by atoms with van der Waals surface area (Å²) in [6.07, 6.45) is 25.1. The molecule has 1 amide bonds. The molecule has 2 saturated heterocycles. The molecule has 0 aromatic rings. The van der Waals surface area contributed by atoms with Gasteiger partial charge >= 0.3 is 0 Å². The molecule has 0 aromatic carbocycles. The number of hydrogen-bond donors (Lipinski definition) is 0. The summed E-state index contributed by atoms with van der Waals surface area (Å²) in [5, 5.41) is 0. The van der Waals surface area contributed by atoms with Gasteiger partial charge in [0, 0.05) is 45.4 Å². The molecular weight excluding hydrogens is 408 g/mol. The van der Waals surface area contributed by atoms with Crippen LogP contribution in [0.15, 0.2) is 0 Å². The number of likely N-dealkylation sites (tertiary alicyclic amines) is 2. The number of rotatable bonds is 17. The summed E-state index contributed by atoms with van der Waals surface area (Å²) in [7, 11) is 0. The lowest BCUT2D eigenvalue weighted by molar-refractivity contribution is -0.133. The number of piperidine rings is 2. The number of carbonyl (C=O) groups excluding carboxylic acids is 2. The Morgan fingerprint density at radius 1 is 0.545 bits per heavy atom. The van der Waals surface area contributed by atoms with E-state index in [-0.39, 0.29) is 0 Å². The van der Waals surface area contributed by atoms with Crippen LogP contribution in [0, 0.1) is 0 Å². The number of unbranched alkanes of at least 4 members (excludes halogenated alkanes) is 13. The van der Waals surface area contributed by atoms with Crippen LogP contribution in [-0.4, -0.2) is 54.2 Å². The van der Waals surface area contributed by atoms with Crippen LogP contribution in [0.25, 0.3) is 0 Å². The highest BCUT2D eigenvalue weighted by Gasteiger charge is 2.17. The first kappa shape index (κ1) is 30.1. The van der Waals surface area contributed by atoms with E-state index in [4.69, 9.17) is 0 Å². The minimum atomic E-state index is 0.386. The van der Waals surface area contributed by atoms with Crippen LogP contribution in [0.4, 0.5) is 0 Å². The highest BCUT2D eigenvalue weighted by molar-refractivity contribution is 5.79. The highest BCUT2D eigenvalue weighted by atomic mass is 16.2. The van der Waals surface area contributed by atoms with Crippen molar-refractivity contribution in [3.05, 3.63) is 0 Å². The van der Waals surface area contributed by atoms with E-state index in [1.807, 2.05) is 0 Å². The SMILES string of the molecule is CCCCCCCCCCN1CCC(=O)CC1.CCCCCCCCCN1CCCCC1=O. The molecule has 0 aromatic heterocycles. The Labute approximate surface area is 206 Å². The largest absolute Gasteiger partial charge is 0.343 e. The second kappa shape index (κ2) is 21.6. The molecule has 194 valence electrons. The van der Waals surface area contributed by atoms with Gasteiger partial charge in [-0.2, -0.15) is 0 Å². The number of ketones is 1. The summed E-state index contributed by atoms with van der Waals surface area (Å²) in [5.74, 6) is 0.842. The van der Waals surface area contributed by atoms with Crippen molar-refractivity contribution in [1.29, 1.82) is 0 Å². The summed E-state index contributed by atoms with van der Waals surface area (Å²) < 4.78 is 0. The first-order valence-electron chi connectivity index (χ1n) is 14.7. The summed E-state index contributed by atoms with van der Waals surface area (Å²) in [6.45, 7) is 9.76. The van der Waals surface area contributed by atoms with E-state index in [0.29, 0.717) is 11.7 Å². The molecule has 33 heavy (non-hydrogen) atoms. The van der Waals surface area contributed by atoms with Crippen molar-refractivity contribution in [3.8, 4) is 0 Å². The van der Waals surface area contributed by atoms with Crippen molar-refractivity contribution in [2.24, 2.45) is 0 Å². The van der Waals surface area contributed by atoms with Crippen LogP contribution in [0.2, 0.25) is 0 Å². The predicted molar refractivity (Wildman–Crippen MR) is 142 cm³/mol. The van der Waals surface area contributed by atoms with Crippen LogP contribution < -0.4 is 0 Å². The van der Waals surface area contributed by atoms with Crippen molar-refractivity contribution < 1.29 is 9.59 Å². The van der Waals surface area contributed by atoms with Gasteiger partial charge in [0.15, 0.2) is 0 Å². The molecule has 2 aliphatic heterocycles. The molecule has 0 N–H and O–H groups in total. The first-order valence-corrected chi connectivity index (χ1v) is 14.7. The van der Waals surface area contributed by atoms with Gasteiger partial charge in [-0.3, -0.25) is 9.59 Å². The lowest BCUT2D eigenvalue weighted by atomic mass is 10.1. The van der Waals surface area contributed by atoms with Gasteiger partial charge in [0.25, 0.3) is 0 Å². The quantitative estimate of drug-likeness (QED) is 0.209. The van der Waals surface area contributed by atoms with Crippen molar-refractivity contribution >= 4 is 11.7 Å². The van der Waals surface area contributed by atoms with E-state index in [0.717, 1.165) is 51.9 Å². The number of carbonyl (C=O) groups is 2. The molecule has 0 radical (unpaired) electrons. The lowest BCUT2D eigenvalue weighted by Crippen LogP contribution is -2.35. The molecule has 4 nitrogen and oxygen atoms in total. The predicted octanol–water partition coefficient (Wildman–Crippen LogP) is 7.54. The number of amides is 1. The highest BCUT2D eigenvalue weighted by Crippen LogP contribution is 2.13. The average molecular weight is 465 g/mol. The number of Topliss-reactive ketones (excluding diaryl/α,β-unsaturated/α-hetero) is 1. The zero-order chi connectivity index (χ0) is 24.0. The lowest BCUT2D eigenvalue weighted by Gasteiger charge is -2.26. The van der Waals surface area contributed by atoms with Crippen molar-refractivity contribution in [3.63, 3.8) is 0 Å². The van der Waals surface area contributed by atoms with E-state index < -0.39 is 0 Å². The third kappa shape index (κ3) is 17.2. The molecule has 0 spiro atoms. The van der Waals surface area contributed by atoms with Crippen molar-refractivity contribution in [2.75, 3.05) is 32.7 Å². The maximum absolute atomic E-state index is 11.5. The van der Waals surface area contributed by atoms with Crippen LogP contribution >= 0.6 is 0 Å².